The minimum Gasteiger partial charge on any atom is -0.496 e. The third kappa shape index (κ3) is 5.91. The van der Waals surface area contributed by atoms with Gasteiger partial charge >= 0.3 is 0 Å². The van der Waals surface area contributed by atoms with Gasteiger partial charge in [-0.25, -0.2) is 0 Å². The van der Waals surface area contributed by atoms with Crippen molar-refractivity contribution < 1.29 is 9.47 Å². The molecule has 0 spiro atoms. The van der Waals surface area contributed by atoms with E-state index < -0.39 is 0 Å². The molecule has 19 heavy (non-hydrogen) atoms. The summed E-state index contributed by atoms with van der Waals surface area (Å²) in [5.41, 5.74) is 3.72. The molecule has 0 saturated carbocycles. The second-order valence-electron chi connectivity index (χ2n) is 5.45. The summed E-state index contributed by atoms with van der Waals surface area (Å²) >= 11 is 3.47. The monoisotopic (exact) mass is 330 g/mol. The van der Waals surface area contributed by atoms with Crippen LogP contribution < -0.4 is 16.0 Å². The molecule has 0 aliphatic heterocycles. The van der Waals surface area contributed by atoms with E-state index in [1.807, 2.05) is 39.0 Å². The van der Waals surface area contributed by atoms with Gasteiger partial charge in [0, 0.05) is 10.5 Å². The molecular formula is C14H23BrN2O2. The molecule has 0 radical (unpaired) electrons. The molecule has 0 amide bonds. The van der Waals surface area contributed by atoms with Crippen molar-refractivity contribution in [3.8, 4) is 5.75 Å². The Bertz CT molecular complexity index is 405. The van der Waals surface area contributed by atoms with Gasteiger partial charge in [-0.15, -0.1) is 0 Å². The second-order valence-corrected chi connectivity index (χ2v) is 6.36. The van der Waals surface area contributed by atoms with Gasteiger partial charge in [0.05, 0.1) is 19.3 Å². The van der Waals surface area contributed by atoms with Crippen molar-refractivity contribution in [2.75, 3.05) is 13.7 Å². The average molecular weight is 331 g/mol. The average Bonchev–Trinajstić information content (AvgIpc) is 2.33. The highest BCUT2D eigenvalue weighted by atomic mass is 79.9. The van der Waals surface area contributed by atoms with Gasteiger partial charge in [0.25, 0.3) is 0 Å². The molecule has 0 heterocycles. The van der Waals surface area contributed by atoms with Gasteiger partial charge in [-0.3, -0.25) is 11.3 Å². The molecule has 108 valence electrons. The van der Waals surface area contributed by atoms with Crippen molar-refractivity contribution in [3.05, 3.63) is 28.2 Å². The Labute approximate surface area is 123 Å². The van der Waals surface area contributed by atoms with Crippen LogP contribution in [0.15, 0.2) is 22.7 Å². The van der Waals surface area contributed by atoms with Crippen LogP contribution in [0.1, 0.15) is 26.3 Å². The number of benzene rings is 1. The van der Waals surface area contributed by atoms with E-state index in [2.05, 4.69) is 21.4 Å². The largest absolute Gasteiger partial charge is 0.496 e. The van der Waals surface area contributed by atoms with Crippen molar-refractivity contribution in [2.24, 2.45) is 5.84 Å². The van der Waals surface area contributed by atoms with Crippen molar-refractivity contribution in [1.29, 1.82) is 0 Å². The predicted octanol–water partition coefficient (Wildman–Crippen LogP) is 2.65. The maximum atomic E-state index is 5.76. The van der Waals surface area contributed by atoms with Crippen LogP contribution in [0.25, 0.3) is 0 Å². The molecular weight excluding hydrogens is 308 g/mol. The second kappa shape index (κ2) is 7.24. The van der Waals surface area contributed by atoms with Crippen molar-refractivity contribution in [3.63, 3.8) is 0 Å². The summed E-state index contributed by atoms with van der Waals surface area (Å²) in [7, 11) is 1.67. The quantitative estimate of drug-likeness (QED) is 0.622. The number of rotatable bonds is 6. The number of halogens is 1. The Kier molecular flexibility index (Phi) is 6.26. The summed E-state index contributed by atoms with van der Waals surface area (Å²) in [6, 6.07) is 5.99. The van der Waals surface area contributed by atoms with Crippen molar-refractivity contribution in [2.45, 2.75) is 38.8 Å². The first-order valence-corrected chi connectivity index (χ1v) is 7.07. The molecule has 1 atom stereocenters. The summed E-state index contributed by atoms with van der Waals surface area (Å²) in [5, 5.41) is 0. The van der Waals surface area contributed by atoms with Crippen LogP contribution >= 0.6 is 15.9 Å². The number of hydrazine groups is 1. The van der Waals surface area contributed by atoms with E-state index in [0.29, 0.717) is 6.61 Å². The molecule has 0 saturated heterocycles. The third-order valence-corrected chi connectivity index (χ3v) is 3.16. The van der Waals surface area contributed by atoms with Crippen molar-refractivity contribution in [1.82, 2.24) is 5.43 Å². The van der Waals surface area contributed by atoms with Gasteiger partial charge in [0.15, 0.2) is 0 Å². The van der Waals surface area contributed by atoms with Gasteiger partial charge in [-0.2, -0.15) is 0 Å². The zero-order chi connectivity index (χ0) is 14.5. The minimum atomic E-state index is -0.170. The molecule has 0 aliphatic rings. The fourth-order valence-electron chi connectivity index (χ4n) is 1.69. The molecule has 0 aliphatic carbocycles. The topological polar surface area (TPSA) is 56.5 Å². The summed E-state index contributed by atoms with van der Waals surface area (Å²) < 4.78 is 12.1. The summed E-state index contributed by atoms with van der Waals surface area (Å²) in [6.45, 7) is 6.64. The minimum absolute atomic E-state index is 0.0439. The number of hydrogen-bond donors (Lipinski definition) is 2. The highest BCUT2D eigenvalue weighted by Gasteiger charge is 2.16. The summed E-state index contributed by atoms with van der Waals surface area (Å²) in [6.07, 6.45) is 0.745. The highest BCUT2D eigenvalue weighted by molar-refractivity contribution is 9.10. The van der Waals surface area contributed by atoms with E-state index >= 15 is 0 Å². The Hall–Kier alpha value is -0.620. The van der Waals surface area contributed by atoms with E-state index in [-0.39, 0.29) is 11.6 Å². The van der Waals surface area contributed by atoms with E-state index in [0.717, 1.165) is 22.2 Å². The maximum absolute atomic E-state index is 5.76. The lowest BCUT2D eigenvalue weighted by atomic mass is 10.1. The lowest BCUT2D eigenvalue weighted by molar-refractivity contribution is -0.0144. The van der Waals surface area contributed by atoms with Gasteiger partial charge in [-0.05, 0) is 51.0 Å². The maximum Gasteiger partial charge on any atom is 0.122 e. The predicted molar refractivity (Wildman–Crippen MR) is 81.2 cm³/mol. The lowest BCUT2D eigenvalue weighted by Crippen LogP contribution is -2.42. The van der Waals surface area contributed by atoms with Gasteiger partial charge in [0.2, 0.25) is 0 Å². The van der Waals surface area contributed by atoms with E-state index in [1.165, 1.54) is 0 Å². The summed E-state index contributed by atoms with van der Waals surface area (Å²) in [4.78, 5) is 0. The Morgan fingerprint density at radius 3 is 2.58 bits per heavy atom. The van der Waals surface area contributed by atoms with Crippen LogP contribution in [0, 0.1) is 0 Å². The molecule has 1 rings (SSSR count). The highest BCUT2D eigenvalue weighted by Crippen LogP contribution is 2.24. The zero-order valence-corrected chi connectivity index (χ0v) is 13.6. The molecule has 5 heteroatoms. The first kappa shape index (κ1) is 16.4. The number of methoxy groups -OCH3 is 1. The van der Waals surface area contributed by atoms with Crippen molar-refractivity contribution >= 4 is 15.9 Å². The number of nitrogens with one attached hydrogen (secondary N) is 1. The molecule has 1 aromatic carbocycles. The van der Waals surface area contributed by atoms with Gasteiger partial charge in [-0.1, -0.05) is 15.9 Å². The fourth-order valence-corrected chi connectivity index (χ4v) is 2.10. The first-order chi connectivity index (χ1) is 8.85. The third-order valence-electron chi connectivity index (χ3n) is 2.66. The first-order valence-electron chi connectivity index (χ1n) is 6.28. The van der Waals surface area contributed by atoms with Crippen LogP contribution in [0.3, 0.4) is 0 Å². The molecule has 0 fully saturated rings. The number of hydrogen-bond acceptors (Lipinski definition) is 4. The SMILES string of the molecule is COc1ccc(Br)cc1CC(COC(C)(C)C)NN. The zero-order valence-electron chi connectivity index (χ0n) is 12.0. The number of nitrogens with two attached hydrogens (primary N) is 1. The molecule has 1 aromatic rings. The summed E-state index contributed by atoms with van der Waals surface area (Å²) in [5.74, 6) is 6.46. The van der Waals surface area contributed by atoms with Crippen LogP contribution in [0.5, 0.6) is 5.75 Å². The normalized spacial score (nSPS) is 13.4. The smallest absolute Gasteiger partial charge is 0.122 e. The van der Waals surface area contributed by atoms with Crippen LogP contribution in [0.2, 0.25) is 0 Å². The molecule has 3 N–H and O–H groups in total. The van der Waals surface area contributed by atoms with E-state index in [4.69, 9.17) is 15.3 Å². The Balaban J connectivity index is 2.72. The lowest BCUT2D eigenvalue weighted by Gasteiger charge is -2.24. The Morgan fingerprint density at radius 2 is 2.05 bits per heavy atom. The standard InChI is InChI=1S/C14H23BrN2O2/c1-14(2,3)19-9-12(17-16)8-10-7-11(15)5-6-13(10)18-4/h5-7,12,17H,8-9,16H2,1-4H3. The molecule has 0 aromatic heterocycles. The van der Waals surface area contributed by atoms with Crippen LogP contribution in [-0.4, -0.2) is 25.4 Å². The Morgan fingerprint density at radius 1 is 1.37 bits per heavy atom. The van der Waals surface area contributed by atoms with E-state index in [9.17, 15) is 0 Å². The molecule has 4 nitrogen and oxygen atoms in total. The molecule has 0 bridgehead atoms. The fraction of sp³-hybridized carbons (Fsp3) is 0.571. The van der Waals surface area contributed by atoms with E-state index in [1.54, 1.807) is 7.11 Å². The molecule has 1 unspecified atom stereocenters. The van der Waals surface area contributed by atoms with Crippen LogP contribution in [-0.2, 0) is 11.2 Å². The van der Waals surface area contributed by atoms with Gasteiger partial charge in [0.1, 0.15) is 5.75 Å². The van der Waals surface area contributed by atoms with Crippen LogP contribution in [0.4, 0.5) is 0 Å². The van der Waals surface area contributed by atoms with Gasteiger partial charge < -0.3 is 9.47 Å². The number of ether oxygens (including phenoxy) is 2.